The Labute approximate surface area is 127 Å². The van der Waals surface area contributed by atoms with Crippen LogP contribution in [0.15, 0.2) is 30.1 Å². The van der Waals surface area contributed by atoms with Crippen molar-refractivity contribution in [2.75, 3.05) is 14.1 Å². The maximum absolute atomic E-state index is 12.2. The van der Waals surface area contributed by atoms with Crippen molar-refractivity contribution in [3.63, 3.8) is 0 Å². The third-order valence-corrected chi connectivity index (χ3v) is 3.99. The van der Waals surface area contributed by atoms with E-state index in [0.717, 1.165) is 12.1 Å². The van der Waals surface area contributed by atoms with Crippen molar-refractivity contribution >= 4 is 21.8 Å². The molecule has 0 saturated carbocycles. The van der Waals surface area contributed by atoms with E-state index in [4.69, 9.17) is 0 Å². The van der Waals surface area contributed by atoms with Crippen LogP contribution in [-0.4, -0.2) is 39.6 Å². The molecule has 2 rings (SSSR count). The minimum atomic E-state index is -0.0572. The molecule has 1 aliphatic rings. The Morgan fingerprint density at radius 2 is 2.30 bits per heavy atom. The second-order valence-corrected chi connectivity index (χ2v) is 5.78. The number of carbonyl (C=O) groups excluding carboxylic acids is 1. The first-order valence-electron chi connectivity index (χ1n) is 6.56. The molecule has 1 aliphatic heterocycles. The van der Waals surface area contributed by atoms with Gasteiger partial charge in [0.25, 0.3) is 5.91 Å². The SMILES string of the molecule is CCn1cc(CC2=CC=CNC2Br)c(C(=O)N(C)C)n1. The molecule has 1 amide bonds. The molecule has 2 heterocycles. The molecule has 0 spiro atoms. The van der Waals surface area contributed by atoms with Gasteiger partial charge in [-0.2, -0.15) is 5.10 Å². The molecule has 6 heteroatoms. The molecule has 0 saturated heterocycles. The zero-order valence-electron chi connectivity index (χ0n) is 11.9. The Hall–Kier alpha value is -1.56. The van der Waals surface area contributed by atoms with Gasteiger partial charge in [0.2, 0.25) is 0 Å². The molecule has 1 N–H and O–H groups in total. The molecule has 0 aliphatic carbocycles. The monoisotopic (exact) mass is 338 g/mol. The molecule has 1 aromatic rings. The zero-order valence-corrected chi connectivity index (χ0v) is 13.5. The van der Waals surface area contributed by atoms with Gasteiger partial charge in [-0.05, 0) is 24.8 Å². The number of nitrogens with one attached hydrogen (secondary N) is 1. The van der Waals surface area contributed by atoms with E-state index >= 15 is 0 Å². The molecular formula is C14H19BrN4O. The first-order chi connectivity index (χ1) is 9.52. The summed E-state index contributed by atoms with van der Waals surface area (Å²) >= 11 is 3.57. The fourth-order valence-corrected chi connectivity index (χ4v) is 2.48. The van der Waals surface area contributed by atoms with Crippen LogP contribution in [0.25, 0.3) is 0 Å². The van der Waals surface area contributed by atoms with Crippen LogP contribution in [0.4, 0.5) is 0 Å². The van der Waals surface area contributed by atoms with Crippen molar-refractivity contribution in [3.8, 4) is 0 Å². The van der Waals surface area contributed by atoms with E-state index in [0.29, 0.717) is 12.1 Å². The smallest absolute Gasteiger partial charge is 0.274 e. The molecule has 1 unspecified atom stereocenters. The van der Waals surface area contributed by atoms with Crippen LogP contribution in [0.5, 0.6) is 0 Å². The number of aromatic nitrogens is 2. The van der Waals surface area contributed by atoms with E-state index in [2.05, 4.69) is 32.4 Å². The number of rotatable bonds is 4. The summed E-state index contributed by atoms with van der Waals surface area (Å²) in [6.07, 6.45) is 8.57. The van der Waals surface area contributed by atoms with Gasteiger partial charge < -0.3 is 10.2 Å². The average Bonchev–Trinajstić information content (AvgIpc) is 2.83. The van der Waals surface area contributed by atoms with Gasteiger partial charge in [-0.3, -0.25) is 9.48 Å². The first-order valence-corrected chi connectivity index (χ1v) is 7.48. The molecule has 0 aromatic carbocycles. The summed E-state index contributed by atoms with van der Waals surface area (Å²) in [5, 5.41) is 7.57. The molecule has 0 fully saturated rings. The summed E-state index contributed by atoms with van der Waals surface area (Å²) < 4.78 is 1.81. The van der Waals surface area contributed by atoms with Crippen molar-refractivity contribution in [3.05, 3.63) is 41.4 Å². The van der Waals surface area contributed by atoms with Gasteiger partial charge in [-0.1, -0.05) is 22.0 Å². The number of carbonyl (C=O) groups is 1. The van der Waals surface area contributed by atoms with Crippen LogP contribution in [0.3, 0.4) is 0 Å². The predicted molar refractivity (Wildman–Crippen MR) is 82.7 cm³/mol. The van der Waals surface area contributed by atoms with E-state index in [1.54, 1.807) is 19.0 Å². The van der Waals surface area contributed by atoms with E-state index in [1.165, 1.54) is 5.57 Å². The van der Waals surface area contributed by atoms with E-state index in [9.17, 15) is 4.79 Å². The summed E-state index contributed by atoms with van der Waals surface area (Å²) in [5.41, 5.74) is 2.67. The van der Waals surface area contributed by atoms with Crippen LogP contribution >= 0.6 is 15.9 Å². The Bertz CT molecular complexity index is 560. The minimum Gasteiger partial charge on any atom is -0.375 e. The average molecular weight is 339 g/mol. The molecule has 5 nitrogen and oxygen atoms in total. The van der Waals surface area contributed by atoms with Crippen LogP contribution < -0.4 is 5.32 Å². The first kappa shape index (κ1) is 14.8. The molecular weight excluding hydrogens is 320 g/mol. The zero-order chi connectivity index (χ0) is 14.7. The predicted octanol–water partition coefficient (Wildman–Crippen LogP) is 1.91. The Morgan fingerprint density at radius 1 is 1.55 bits per heavy atom. The molecule has 1 aromatic heterocycles. The lowest BCUT2D eigenvalue weighted by Gasteiger charge is -2.18. The summed E-state index contributed by atoms with van der Waals surface area (Å²) in [6, 6.07) is 0. The maximum Gasteiger partial charge on any atom is 0.274 e. The number of dihydropyridines is 1. The van der Waals surface area contributed by atoms with Gasteiger partial charge in [-0.15, -0.1) is 0 Å². The van der Waals surface area contributed by atoms with Crippen LogP contribution in [0.2, 0.25) is 0 Å². The van der Waals surface area contributed by atoms with Gasteiger partial charge in [0.15, 0.2) is 5.69 Å². The second kappa shape index (κ2) is 6.26. The number of hydrogen-bond acceptors (Lipinski definition) is 3. The van der Waals surface area contributed by atoms with Crippen LogP contribution in [0.1, 0.15) is 23.0 Å². The van der Waals surface area contributed by atoms with Gasteiger partial charge >= 0.3 is 0 Å². The number of allylic oxidation sites excluding steroid dienone is 2. The van der Waals surface area contributed by atoms with Crippen molar-refractivity contribution in [1.29, 1.82) is 0 Å². The molecule has 1 atom stereocenters. The Kier molecular flexibility index (Phi) is 4.65. The fraction of sp³-hybridized carbons (Fsp3) is 0.429. The molecule has 0 bridgehead atoms. The van der Waals surface area contributed by atoms with Gasteiger partial charge in [0.05, 0.1) is 0 Å². The summed E-state index contributed by atoms with van der Waals surface area (Å²) in [4.78, 5) is 13.9. The molecule has 20 heavy (non-hydrogen) atoms. The number of nitrogens with zero attached hydrogens (tertiary/aromatic N) is 3. The quantitative estimate of drug-likeness (QED) is 0.674. The number of alkyl halides is 1. The molecule has 0 radical (unpaired) electrons. The van der Waals surface area contributed by atoms with Gasteiger partial charge in [0, 0.05) is 38.8 Å². The number of amides is 1. The highest BCUT2D eigenvalue weighted by atomic mass is 79.9. The summed E-state index contributed by atoms with van der Waals surface area (Å²) in [7, 11) is 3.49. The second-order valence-electron chi connectivity index (χ2n) is 4.86. The lowest BCUT2D eigenvalue weighted by atomic mass is 10.0. The van der Waals surface area contributed by atoms with Crippen LogP contribution in [0, 0.1) is 0 Å². The minimum absolute atomic E-state index is 0.0572. The Morgan fingerprint density at radius 3 is 2.90 bits per heavy atom. The maximum atomic E-state index is 12.2. The number of halogens is 1. The third-order valence-electron chi connectivity index (χ3n) is 3.14. The van der Waals surface area contributed by atoms with Crippen molar-refractivity contribution in [1.82, 2.24) is 20.0 Å². The van der Waals surface area contributed by atoms with Gasteiger partial charge in [0.1, 0.15) is 4.95 Å². The largest absolute Gasteiger partial charge is 0.375 e. The van der Waals surface area contributed by atoms with Gasteiger partial charge in [-0.25, -0.2) is 0 Å². The normalized spacial score (nSPS) is 17.6. The van der Waals surface area contributed by atoms with Crippen molar-refractivity contribution < 1.29 is 4.79 Å². The summed E-state index contributed by atoms with van der Waals surface area (Å²) in [6.45, 7) is 2.76. The van der Waals surface area contributed by atoms with E-state index < -0.39 is 0 Å². The molecule has 108 valence electrons. The highest BCUT2D eigenvalue weighted by Gasteiger charge is 2.21. The van der Waals surface area contributed by atoms with E-state index in [1.807, 2.05) is 30.1 Å². The summed E-state index contributed by atoms with van der Waals surface area (Å²) in [5.74, 6) is -0.0572. The standard InChI is InChI=1S/C14H19BrN4O/c1-4-19-9-11(12(17-19)14(20)18(2)3)8-10-6-5-7-16-13(10)15/h5-7,9,13,16H,4,8H2,1-3H3. The topological polar surface area (TPSA) is 50.2 Å². The lowest BCUT2D eigenvalue weighted by Crippen LogP contribution is -2.25. The lowest BCUT2D eigenvalue weighted by molar-refractivity contribution is 0.0820. The number of aryl methyl sites for hydroxylation is 1. The van der Waals surface area contributed by atoms with Crippen LogP contribution in [-0.2, 0) is 13.0 Å². The number of hydrogen-bond donors (Lipinski definition) is 1. The third kappa shape index (κ3) is 3.12. The highest BCUT2D eigenvalue weighted by Crippen LogP contribution is 2.21. The van der Waals surface area contributed by atoms with Crippen molar-refractivity contribution in [2.45, 2.75) is 24.8 Å². The van der Waals surface area contributed by atoms with Crippen molar-refractivity contribution in [2.24, 2.45) is 0 Å². The van der Waals surface area contributed by atoms with E-state index in [-0.39, 0.29) is 10.9 Å². The highest BCUT2D eigenvalue weighted by molar-refractivity contribution is 9.09. The Balaban J connectivity index is 2.30. The fourth-order valence-electron chi connectivity index (χ4n) is 2.02.